The molecule has 1 aromatic carbocycles. The Morgan fingerprint density at radius 1 is 1.32 bits per heavy atom. The average Bonchev–Trinajstić information content (AvgIpc) is 3.15. The van der Waals surface area contributed by atoms with Crippen LogP contribution >= 0.6 is 0 Å². The van der Waals surface area contributed by atoms with E-state index in [4.69, 9.17) is 4.74 Å². The number of amides is 1. The predicted octanol–water partition coefficient (Wildman–Crippen LogP) is 2.41. The molecule has 1 amide bonds. The highest BCUT2D eigenvalue weighted by Crippen LogP contribution is 2.21. The van der Waals surface area contributed by atoms with E-state index in [0.717, 1.165) is 27.8 Å². The Labute approximate surface area is 142 Å². The molecule has 0 unspecified atom stereocenters. The van der Waals surface area contributed by atoms with Crippen LogP contribution in [0.25, 0.3) is 22.1 Å². The summed E-state index contributed by atoms with van der Waals surface area (Å²) in [7, 11) is 3.37. The smallest absolute Gasteiger partial charge is 0.294 e. The van der Waals surface area contributed by atoms with Gasteiger partial charge in [0.2, 0.25) is 0 Å². The molecule has 8 heteroatoms. The van der Waals surface area contributed by atoms with Crippen molar-refractivity contribution in [2.75, 3.05) is 12.4 Å². The Bertz CT molecular complexity index is 1110. The number of aromatic amines is 1. The normalized spacial score (nSPS) is 11.2. The molecule has 2 N–H and O–H groups in total. The Morgan fingerprint density at radius 2 is 2.16 bits per heavy atom. The van der Waals surface area contributed by atoms with Crippen molar-refractivity contribution in [2.45, 2.75) is 6.92 Å². The van der Waals surface area contributed by atoms with Gasteiger partial charge in [-0.15, -0.1) is 0 Å². The van der Waals surface area contributed by atoms with Crippen molar-refractivity contribution >= 4 is 33.7 Å². The maximum absolute atomic E-state index is 12.5. The zero-order chi connectivity index (χ0) is 17.6. The van der Waals surface area contributed by atoms with Crippen molar-refractivity contribution in [2.24, 2.45) is 7.05 Å². The molecule has 0 aliphatic rings. The summed E-state index contributed by atoms with van der Waals surface area (Å²) in [5.74, 6) is -0.233. The summed E-state index contributed by atoms with van der Waals surface area (Å²) in [5.41, 5.74) is 4.28. The lowest BCUT2D eigenvalue weighted by Gasteiger charge is -2.05. The van der Waals surface area contributed by atoms with Crippen LogP contribution in [-0.4, -0.2) is 37.7 Å². The molecular formula is C17H16N6O2. The van der Waals surface area contributed by atoms with E-state index in [-0.39, 0.29) is 5.91 Å². The maximum Gasteiger partial charge on any atom is 0.294 e. The molecule has 3 heterocycles. The number of methoxy groups -OCH3 is 1. The third-order valence-electron chi connectivity index (χ3n) is 4.04. The summed E-state index contributed by atoms with van der Waals surface area (Å²) in [6, 6.07) is 7.65. The Hall–Kier alpha value is -3.42. The number of benzene rings is 1. The minimum Gasteiger partial charge on any atom is -0.468 e. The topological polar surface area (TPSA) is 97.7 Å². The van der Waals surface area contributed by atoms with Gasteiger partial charge in [-0.1, -0.05) is 0 Å². The van der Waals surface area contributed by atoms with E-state index in [0.29, 0.717) is 17.3 Å². The largest absolute Gasteiger partial charge is 0.468 e. The van der Waals surface area contributed by atoms with Gasteiger partial charge < -0.3 is 15.0 Å². The molecule has 4 aromatic rings. The zero-order valence-corrected chi connectivity index (χ0v) is 14.0. The van der Waals surface area contributed by atoms with E-state index in [1.807, 2.05) is 26.1 Å². The summed E-state index contributed by atoms with van der Waals surface area (Å²) < 4.78 is 6.77. The number of aromatic nitrogens is 5. The first-order valence-corrected chi connectivity index (χ1v) is 7.69. The number of pyridine rings is 1. The maximum atomic E-state index is 12.5. The Balaban J connectivity index is 1.64. The average molecular weight is 336 g/mol. The van der Waals surface area contributed by atoms with Crippen LogP contribution in [0.5, 0.6) is 6.01 Å². The first kappa shape index (κ1) is 15.1. The van der Waals surface area contributed by atoms with E-state index >= 15 is 0 Å². The lowest BCUT2D eigenvalue weighted by Crippen LogP contribution is -2.12. The second-order valence-corrected chi connectivity index (χ2v) is 5.74. The number of ether oxygens (including phenoxy) is 1. The quantitative estimate of drug-likeness (QED) is 0.599. The van der Waals surface area contributed by atoms with Gasteiger partial charge >= 0.3 is 0 Å². The van der Waals surface area contributed by atoms with Crippen molar-refractivity contribution in [3.8, 4) is 6.01 Å². The first-order valence-electron chi connectivity index (χ1n) is 7.69. The summed E-state index contributed by atoms with van der Waals surface area (Å²) >= 11 is 0. The van der Waals surface area contributed by atoms with Crippen LogP contribution < -0.4 is 10.1 Å². The number of imidazole rings is 1. The third-order valence-corrected chi connectivity index (χ3v) is 4.04. The number of anilines is 1. The fourth-order valence-electron chi connectivity index (χ4n) is 2.80. The fraction of sp³-hybridized carbons (Fsp3) is 0.176. The molecule has 0 spiro atoms. The van der Waals surface area contributed by atoms with Crippen molar-refractivity contribution < 1.29 is 9.53 Å². The van der Waals surface area contributed by atoms with Crippen LogP contribution in [0.15, 0.2) is 30.5 Å². The molecule has 0 aliphatic carbocycles. The molecule has 0 fully saturated rings. The highest BCUT2D eigenvalue weighted by molar-refractivity contribution is 6.06. The summed E-state index contributed by atoms with van der Waals surface area (Å²) in [5, 5.41) is 8.06. The molecule has 0 aliphatic heterocycles. The number of aryl methyl sites for hydroxylation is 2. The van der Waals surface area contributed by atoms with Gasteiger partial charge in [-0.2, -0.15) is 10.1 Å². The minimum absolute atomic E-state index is 0.233. The molecule has 0 bridgehead atoms. The predicted molar refractivity (Wildman–Crippen MR) is 93.8 cm³/mol. The van der Waals surface area contributed by atoms with Crippen molar-refractivity contribution in [3.63, 3.8) is 0 Å². The Morgan fingerprint density at radius 3 is 2.96 bits per heavy atom. The lowest BCUT2D eigenvalue weighted by molar-refractivity contribution is 0.102. The van der Waals surface area contributed by atoms with Gasteiger partial charge in [-0.25, -0.2) is 4.98 Å². The van der Waals surface area contributed by atoms with Gasteiger partial charge in [-0.3, -0.25) is 9.48 Å². The summed E-state index contributed by atoms with van der Waals surface area (Å²) in [6.45, 7) is 1.89. The molecule has 8 nitrogen and oxygen atoms in total. The number of carbonyl (C=O) groups is 1. The SMILES string of the molecule is COc1nc2ccc(NC(=O)c3cnc4c(c3)c(C)nn4C)cc2[nH]1. The molecular weight excluding hydrogens is 320 g/mol. The monoisotopic (exact) mass is 336 g/mol. The number of nitrogens with one attached hydrogen (secondary N) is 2. The van der Waals surface area contributed by atoms with Crippen LogP contribution in [0.3, 0.4) is 0 Å². The van der Waals surface area contributed by atoms with Gasteiger partial charge in [0.1, 0.15) is 0 Å². The fourth-order valence-corrected chi connectivity index (χ4v) is 2.80. The number of carbonyl (C=O) groups excluding carboxylic acids is 1. The standard InChI is InChI=1S/C17H16N6O2/c1-9-12-6-10(8-18-15(12)23(2)22-9)16(24)19-11-4-5-13-14(7-11)21-17(20-13)25-3/h4-8H,1-3H3,(H,19,24)(H,20,21). The zero-order valence-electron chi connectivity index (χ0n) is 14.0. The van der Waals surface area contributed by atoms with Crippen LogP contribution in [0.2, 0.25) is 0 Å². The Kier molecular flexibility index (Phi) is 3.38. The van der Waals surface area contributed by atoms with Crippen LogP contribution in [0.4, 0.5) is 5.69 Å². The molecule has 0 radical (unpaired) electrons. The second-order valence-electron chi connectivity index (χ2n) is 5.74. The van der Waals surface area contributed by atoms with Crippen LogP contribution in [0, 0.1) is 6.92 Å². The lowest BCUT2D eigenvalue weighted by atomic mass is 10.2. The van der Waals surface area contributed by atoms with Crippen molar-refractivity contribution in [1.29, 1.82) is 0 Å². The van der Waals surface area contributed by atoms with Gasteiger partial charge in [0, 0.05) is 24.3 Å². The molecule has 3 aromatic heterocycles. The van der Waals surface area contributed by atoms with E-state index in [2.05, 4.69) is 25.4 Å². The number of hydrogen-bond donors (Lipinski definition) is 2. The summed E-state index contributed by atoms with van der Waals surface area (Å²) in [6.07, 6.45) is 1.55. The number of H-pyrrole nitrogens is 1. The second kappa shape index (κ2) is 5.59. The highest BCUT2D eigenvalue weighted by Gasteiger charge is 2.12. The third kappa shape index (κ3) is 2.57. The molecule has 0 saturated heterocycles. The minimum atomic E-state index is -0.233. The van der Waals surface area contributed by atoms with Gasteiger partial charge in [0.15, 0.2) is 5.65 Å². The van der Waals surface area contributed by atoms with E-state index in [1.54, 1.807) is 30.1 Å². The molecule has 0 saturated carbocycles. The van der Waals surface area contributed by atoms with Crippen molar-refractivity contribution in [1.82, 2.24) is 24.7 Å². The molecule has 0 atom stereocenters. The summed E-state index contributed by atoms with van der Waals surface area (Å²) in [4.78, 5) is 24.2. The molecule has 126 valence electrons. The number of rotatable bonds is 3. The molecule has 4 rings (SSSR count). The van der Waals surface area contributed by atoms with E-state index in [9.17, 15) is 4.79 Å². The number of hydrogen-bond acceptors (Lipinski definition) is 5. The highest BCUT2D eigenvalue weighted by atomic mass is 16.5. The molecule has 25 heavy (non-hydrogen) atoms. The van der Waals surface area contributed by atoms with Gasteiger partial charge in [-0.05, 0) is 31.2 Å². The number of nitrogens with zero attached hydrogens (tertiary/aromatic N) is 4. The van der Waals surface area contributed by atoms with E-state index in [1.165, 1.54) is 0 Å². The van der Waals surface area contributed by atoms with Crippen molar-refractivity contribution in [3.05, 3.63) is 41.7 Å². The van der Waals surface area contributed by atoms with Crippen LogP contribution in [0.1, 0.15) is 16.1 Å². The van der Waals surface area contributed by atoms with Gasteiger partial charge in [0.05, 0.1) is 29.4 Å². The van der Waals surface area contributed by atoms with Crippen LogP contribution in [-0.2, 0) is 7.05 Å². The van der Waals surface area contributed by atoms with E-state index < -0.39 is 0 Å². The van der Waals surface area contributed by atoms with Gasteiger partial charge in [0.25, 0.3) is 11.9 Å². The number of fused-ring (bicyclic) bond motifs is 2. The first-order chi connectivity index (χ1) is 12.0.